The summed E-state index contributed by atoms with van der Waals surface area (Å²) < 4.78 is 101. The SMILES string of the molecule is O=C(O)C(F)(F)F.O=C(O)C(F)(F)F.O=C(O)C(F)(F)F.c1cc(CN2CCOCC2c2nccc(NCC3CC3)n2)ccn1. The number of hydrogen-bond donors (Lipinski definition) is 4. The molecule has 45 heavy (non-hydrogen) atoms. The minimum Gasteiger partial charge on any atom is -0.475 e. The number of carboxylic acid groups (broad SMARTS) is 3. The predicted molar refractivity (Wildman–Crippen MR) is 133 cm³/mol. The molecule has 0 bridgehead atoms. The summed E-state index contributed by atoms with van der Waals surface area (Å²) in [6.07, 6.45) is -7.06. The van der Waals surface area contributed by atoms with Crippen LogP contribution in [0, 0.1) is 5.92 Å². The summed E-state index contributed by atoms with van der Waals surface area (Å²) in [7, 11) is 0. The molecule has 21 heteroatoms. The highest BCUT2D eigenvalue weighted by Crippen LogP contribution is 2.29. The van der Waals surface area contributed by atoms with E-state index in [9.17, 15) is 39.5 Å². The summed E-state index contributed by atoms with van der Waals surface area (Å²) in [4.78, 5) is 42.4. The maximum Gasteiger partial charge on any atom is 0.490 e. The molecule has 0 amide bonds. The van der Waals surface area contributed by atoms with E-state index in [0.29, 0.717) is 6.61 Å². The maximum absolute atomic E-state index is 10.6. The minimum atomic E-state index is -5.08. The topological polar surface area (TPSA) is 175 Å². The zero-order valence-electron chi connectivity index (χ0n) is 22.7. The van der Waals surface area contributed by atoms with E-state index in [1.165, 1.54) is 18.4 Å². The number of anilines is 1. The first-order valence-corrected chi connectivity index (χ1v) is 12.4. The molecule has 2 aromatic rings. The van der Waals surface area contributed by atoms with Crippen molar-refractivity contribution in [2.75, 3.05) is 31.6 Å². The Kier molecular flexibility index (Phi) is 14.9. The van der Waals surface area contributed by atoms with Gasteiger partial charge in [-0.25, -0.2) is 24.4 Å². The van der Waals surface area contributed by atoms with Crippen LogP contribution in [0.4, 0.5) is 45.3 Å². The van der Waals surface area contributed by atoms with Gasteiger partial charge < -0.3 is 25.4 Å². The molecule has 4 rings (SSSR count). The highest BCUT2D eigenvalue weighted by Gasteiger charge is 2.39. The van der Waals surface area contributed by atoms with Crippen LogP contribution in [-0.2, 0) is 25.7 Å². The van der Waals surface area contributed by atoms with E-state index >= 15 is 0 Å². The van der Waals surface area contributed by atoms with Gasteiger partial charge in [-0.05, 0) is 42.5 Å². The highest BCUT2D eigenvalue weighted by molar-refractivity contribution is 5.73. The Morgan fingerprint density at radius 1 is 0.844 bits per heavy atom. The van der Waals surface area contributed by atoms with Gasteiger partial charge in [0, 0.05) is 38.2 Å². The van der Waals surface area contributed by atoms with E-state index in [0.717, 1.165) is 43.8 Å². The van der Waals surface area contributed by atoms with E-state index in [1.807, 2.05) is 24.7 Å². The number of morpholine rings is 1. The number of nitrogens with zero attached hydrogens (tertiary/aromatic N) is 4. The first-order valence-electron chi connectivity index (χ1n) is 12.4. The van der Waals surface area contributed by atoms with Crippen molar-refractivity contribution in [2.45, 2.75) is 44.0 Å². The van der Waals surface area contributed by atoms with Crippen LogP contribution in [0.1, 0.15) is 30.3 Å². The molecule has 0 radical (unpaired) electrons. The van der Waals surface area contributed by atoms with Crippen LogP contribution in [0.15, 0.2) is 36.8 Å². The molecule has 2 fully saturated rings. The zero-order valence-corrected chi connectivity index (χ0v) is 22.7. The minimum absolute atomic E-state index is 0.0922. The summed E-state index contributed by atoms with van der Waals surface area (Å²) in [5, 5.41) is 24.8. The van der Waals surface area contributed by atoms with Gasteiger partial charge in [0.25, 0.3) is 0 Å². The lowest BCUT2D eigenvalue weighted by atomic mass is 10.1. The van der Waals surface area contributed by atoms with Gasteiger partial charge in [-0.2, -0.15) is 39.5 Å². The molecule has 1 saturated heterocycles. The van der Waals surface area contributed by atoms with Gasteiger partial charge in [-0.3, -0.25) is 9.88 Å². The largest absolute Gasteiger partial charge is 0.490 e. The van der Waals surface area contributed by atoms with Crippen molar-refractivity contribution in [3.05, 3.63) is 48.2 Å². The molecular formula is C24H26F9N5O7. The summed E-state index contributed by atoms with van der Waals surface area (Å²) in [5.74, 6) is -5.69. The average Bonchev–Trinajstić information content (AvgIpc) is 3.77. The van der Waals surface area contributed by atoms with Crippen LogP contribution in [0.3, 0.4) is 0 Å². The molecule has 1 aliphatic carbocycles. The Morgan fingerprint density at radius 3 is 1.78 bits per heavy atom. The van der Waals surface area contributed by atoms with Crippen LogP contribution < -0.4 is 5.32 Å². The van der Waals surface area contributed by atoms with Crippen LogP contribution in [0.5, 0.6) is 0 Å². The predicted octanol–water partition coefficient (Wildman–Crippen LogP) is 4.17. The molecule has 2 aromatic heterocycles. The van der Waals surface area contributed by atoms with Gasteiger partial charge in [0.2, 0.25) is 0 Å². The molecule has 12 nitrogen and oxygen atoms in total. The van der Waals surface area contributed by atoms with Gasteiger partial charge >= 0.3 is 36.4 Å². The fourth-order valence-corrected chi connectivity index (χ4v) is 2.99. The number of aliphatic carboxylic acids is 3. The van der Waals surface area contributed by atoms with E-state index in [2.05, 4.69) is 32.3 Å². The lowest BCUT2D eigenvalue weighted by Crippen LogP contribution is -2.39. The van der Waals surface area contributed by atoms with Crippen molar-refractivity contribution >= 4 is 23.7 Å². The quantitative estimate of drug-likeness (QED) is 0.324. The first kappa shape index (κ1) is 38.8. The molecule has 1 aliphatic heterocycles. The molecule has 0 aromatic carbocycles. The number of hydrogen-bond acceptors (Lipinski definition) is 9. The van der Waals surface area contributed by atoms with E-state index in [-0.39, 0.29) is 6.04 Å². The molecule has 1 unspecified atom stereocenters. The number of halogens is 9. The number of alkyl halides is 9. The smallest absolute Gasteiger partial charge is 0.475 e. The van der Waals surface area contributed by atoms with Crippen molar-refractivity contribution in [1.29, 1.82) is 0 Å². The molecule has 4 N–H and O–H groups in total. The van der Waals surface area contributed by atoms with Crippen molar-refractivity contribution in [3.8, 4) is 0 Å². The van der Waals surface area contributed by atoms with Gasteiger partial charge in [0.05, 0.1) is 19.3 Å². The molecule has 2 aliphatic rings. The molecule has 1 saturated carbocycles. The van der Waals surface area contributed by atoms with Crippen LogP contribution in [0.25, 0.3) is 0 Å². The molecule has 1 atom stereocenters. The summed E-state index contributed by atoms with van der Waals surface area (Å²) in [6.45, 7) is 4.15. The Labute approximate surface area is 247 Å². The number of ether oxygens (including phenoxy) is 1. The van der Waals surface area contributed by atoms with Crippen LogP contribution >= 0.6 is 0 Å². The number of nitrogens with one attached hydrogen (secondary N) is 1. The Bertz CT molecular complexity index is 1170. The van der Waals surface area contributed by atoms with Crippen molar-refractivity contribution < 1.29 is 74.0 Å². The van der Waals surface area contributed by atoms with E-state index in [1.54, 1.807) is 0 Å². The van der Waals surface area contributed by atoms with E-state index in [4.69, 9.17) is 39.4 Å². The maximum atomic E-state index is 10.6. The second kappa shape index (κ2) is 17.3. The molecular weight excluding hydrogens is 641 g/mol. The third-order valence-corrected chi connectivity index (χ3v) is 5.34. The Balaban J connectivity index is 0.000000396. The molecule has 252 valence electrons. The summed E-state index contributed by atoms with van der Waals surface area (Å²) >= 11 is 0. The summed E-state index contributed by atoms with van der Waals surface area (Å²) in [6, 6.07) is 6.15. The Morgan fingerprint density at radius 2 is 1.33 bits per heavy atom. The second-order valence-electron chi connectivity index (χ2n) is 8.95. The van der Waals surface area contributed by atoms with Crippen molar-refractivity contribution in [2.24, 2.45) is 5.92 Å². The van der Waals surface area contributed by atoms with Crippen molar-refractivity contribution in [1.82, 2.24) is 19.9 Å². The fraction of sp³-hybridized carbons (Fsp3) is 0.500. The average molecular weight is 667 g/mol. The van der Waals surface area contributed by atoms with Gasteiger partial charge in [-0.15, -0.1) is 0 Å². The third-order valence-electron chi connectivity index (χ3n) is 5.34. The Hall–Kier alpha value is -4.27. The summed E-state index contributed by atoms with van der Waals surface area (Å²) in [5.41, 5.74) is 1.25. The lowest BCUT2D eigenvalue weighted by molar-refractivity contribution is -0.193. The number of carboxylic acids is 3. The third kappa shape index (κ3) is 16.4. The standard InChI is InChI=1S/C18H23N5O.3C2HF3O2/c1-2-14(1)11-21-17-5-8-20-18(22-17)16-13-24-10-9-23(16)12-15-3-6-19-7-4-15;3*3-2(4,5)1(6)7/h3-8,14,16H,1-2,9-13H2,(H,20,21,22);3*(H,6,7). The van der Waals surface area contributed by atoms with Gasteiger partial charge in [0.1, 0.15) is 11.6 Å². The van der Waals surface area contributed by atoms with Gasteiger partial charge in [-0.1, -0.05) is 0 Å². The molecule has 3 heterocycles. The van der Waals surface area contributed by atoms with Gasteiger partial charge in [0.15, 0.2) is 0 Å². The highest BCUT2D eigenvalue weighted by atomic mass is 19.4. The lowest BCUT2D eigenvalue weighted by Gasteiger charge is -2.34. The van der Waals surface area contributed by atoms with Crippen LogP contribution in [-0.4, -0.2) is 97.9 Å². The number of pyridine rings is 1. The monoisotopic (exact) mass is 667 g/mol. The van der Waals surface area contributed by atoms with Crippen molar-refractivity contribution in [3.63, 3.8) is 0 Å². The number of aromatic nitrogens is 3. The van der Waals surface area contributed by atoms with E-state index < -0.39 is 36.4 Å². The number of rotatable bonds is 6. The fourth-order valence-electron chi connectivity index (χ4n) is 2.99. The second-order valence-corrected chi connectivity index (χ2v) is 8.95. The zero-order chi connectivity index (χ0) is 34.4. The van der Waals surface area contributed by atoms with Crippen LogP contribution in [0.2, 0.25) is 0 Å². The normalized spacial score (nSPS) is 16.8. The number of carbonyl (C=O) groups is 3. The molecule has 0 spiro atoms. The first-order chi connectivity index (χ1) is 20.7.